The monoisotopic (exact) mass is 213 g/mol. The highest BCUT2D eigenvalue weighted by Gasteiger charge is 2.03. The lowest BCUT2D eigenvalue weighted by molar-refractivity contribution is 0.422. The average Bonchev–Trinajstić information content (AvgIpc) is 2.55. The lowest BCUT2D eigenvalue weighted by atomic mass is 10.2. The van der Waals surface area contributed by atoms with E-state index >= 15 is 0 Å². The van der Waals surface area contributed by atoms with Gasteiger partial charge in [0.25, 0.3) is 0 Å². The van der Waals surface area contributed by atoms with Crippen LogP contribution in [-0.4, -0.2) is 5.16 Å². The molecule has 0 fully saturated rings. The van der Waals surface area contributed by atoms with Gasteiger partial charge in [-0.25, -0.2) is 0 Å². The van der Waals surface area contributed by atoms with Crippen LogP contribution >= 0.6 is 15.9 Å². The first-order chi connectivity index (χ1) is 5.36. The summed E-state index contributed by atoms with van der Waals surface area (Å²) in [7, 11) is 0. The van der Waals surface area contributed by atoms with Crippen molar-refractivity contribution in [3.05, 3.63) is 29.3 Å². The van der Waals surface area contributed by atoms with Gasteiger partial charge >= 0.3 is 0 Å². The molecule has 0 bridgehead atoms. The highest BCUT2D eigenvalue weighted by molar-refractivity contribution is 9.10. The number of hydrogen-bond acceptors (Lipinski definition) is 3. The molecule has 3 nitrogen and oxygen atoms in total. The fourth-order valence-corrected chi connectivity index (χ4v) is 1.15. The van der Waals surface area contributed by atoms with Crippen LogP contribution in [0.2, 0.25) is 0 Å². The van der Waals surface area contributed by atoms with E-state index in [0.29, 0.717) is 4.67 Å². The molecule has 0 aliphatic carbocycles. The third-order valence-corrected chi connectivity index (χ3v) is 1.72. The Kier molecular flexibility index (Phi) is 1.54. The van der Waals surface area contributed by atoms with Crippen molar-refractivity contribution in [2.75, 3.05) is 0 Å². The topological polar surface area (TPSA) is 39.2 Å². The van der Waals surface area contributed by atoms with Crippen LogP contribution in [-0.2, 0) is 0 Å². The normalized spacial score (nSPS) is 10.3. The molecule has 11 heavy (non-hydrogen) atoms. The molecule has 2 aromatic heterocycles. The zero-order valence-corrected chi connectivity index (χ0v) is 7.04. The fourth-order valence-electron chi connectivity index (χ4n) is 0.806. The summed E-state index contributed by atoms with van der Waals surface area (Å²) in [6.45, 7) is 0. The minimum atomic E-state index is 0.690. The average molecular weight is 214 g/mol. The van der Waals surface area contributed by atoms with Crippen LogP contribution in [0.3, 0.4) is 0 Å². The van der Waals surface area contributed by atoms with Gasteiger partial charge in [0.2, 0.25) is 0 Å². The number of rotatable bonds is 1. The SMILES string of the molecule is Brc1cc(-c2ccon2)co1. The second-order valence-corrected chi connectivity index (χ2v) is 2.81. The summed E-state index contributed by atoms with van der Waals surface area (Å²) in [5.74, 6) is 0. The summed E-state index contributed by atoms with van der Waals surface area (Å²) in [6.07, 6.45) is 3.14. The summed E-state index contributed by atoms with van der Waals surface area (Å²) in [4.78, 5) is 0. The maximum atomic E-state index is 5.02. The van der Waals surface area contributed by atoms with Crippen molar-refractivity contribution in [1.29, 1.82) is 0 Å². The Labute approximate surface area is 71.1 Å². The molecular weight excluding hydrogens is 210 g/mol. The molecule has 0 unspecified atom stereocenters. The Morgan fingerprint density at radius 1 is 1.45 bits per heavy atom. The predicted octanol–water partition coefficient (Wildman–Crippen LogP) is 2.70. The van der Waals surface area contributed by atoms with Crippen LogP contribution in [0.4, 0.5) is 0 Å². The molecule has 0 aliphatic heterocycles. The molecule has 0 saturated carbocycles. The van der Waals surface area contributed by atoms with Crippen molar-refractivity contribution in [3.8, 4) is 11.3 Å². The molecule has 2 rings (SSSR count). The molecule has 0 spiro atoms. The first-order valence-corrected chi connectivity index (χ1v) is 3.80. The smallest absolute Gasteiger partial charge is 0.169 e. The number of aromatic nitrogens is 1. The molecule has 0 atom stereocenters. The zero-order valence-electron chi connectivity index (χ0n) is 5.45. The van der Waals surface area contributed by atoms with Gasteiger partial charge in [-0.15, -0.1) is 0 Å². The van der Waals surface area contributed by atoms with Crippen molar-refractivity contribution in [2.45, 2.75) is 0 Å². The Hall–Kier alpha value is -1.03. The molecule has 2 aromatic rings. The second-order valence-electron chi connectivity index (χ2n) is 2.02. The highest BCUT2D eigenvalue weighted by Crippen LogP contribution is 2.22. The third kappa shape index (κ3) is 1.21. The van der Waals surface area contributed by atoms with Crippen molar-refractivity contribution in [1.82, 2.24) is 5.16 Å². The van der Waals surface area contributed by atoms with Crippen LogP contribution in [0.15, 0.2) is 38.3 Å². The molecule has 2 heterocycles. The molecule has 4 heteroatoms. The van der Waals surface area contributed by atoms with E-state index in [1.807, 2.05) is 6.07 Å². The van der Waals surface area contributed by atoms with Crippen molar-refractivity contribution in [3.63, 3.8) is 0 Å². The molecular formula is C7H4BrNO2. The molecule has 0 amide bonds. The maximum absolute atomic E-state index is 5.02. The molecule has 56 valence electrons. The van der Waals surface area contributed by atoms with E-state index in [1.165, 1.54) is 6.26 Å². The van der Waals surface area contributed by atoms with Gasteiger partial charge < -0.3 is 8.94 Å². The summed E-state index contributed by atoms with van der Waals surface area (Å²) >= 11 is 3.19. The number of hydrogen-bond donors (Lipinski definition) is 0. The first-order valence-electron chi connectivity index (χ1n) is 3.01. The lowest BCUT2D eigenvalue weighted by Gasteiger charge is -1.80. The van der Waals surface area contributed by atoms with E-state index < -0.39 is 0 Å². The standard InChI is InChI=1S/C7H4BrNO2/c8-7-3-5(4-10-7)6-1-2-11-9-6/h1-4H. The summed E-state index contributed by atoms with van der Waals surface area (Å²) in [6, 6.07) is 3.61. The highest BCUT2D eigenvalue weighted by atomic mass is 79.9. The van der Waals surface area contributed by atoms with Gasteiger partial charge in [0.15, 0.2) is 4.67 Å². The maximum Gasteiger partial charge on any atom is 0.169 e. The molecule has 0 aromatic carbocycles. The van der Waals surface area contributed by atoms with Crippen molar-refractivity contribution < 1.29 is 8.94 Å². The fraction of sp³-hybridized carbons (Fsp3) is 0. The van der Waals surface area contributed by atoms with E-state index in [0.717, 1.165) is 11.3 Å². The Morgan fingerprint density at radius 3 is 2.91 bits per heavy atom. The minimum Gasteiger partial charge on any atom is -0.457 e. The Bertz CT molecular complexity index is 339. The van der Waals surface area contributed by atoms with Gasteiger partial charge in [-0.1, -0.05) is 5.16 Å². The van der Waals surface area contributed by atoms with Gasteiger partial charge in [-0.3, -0.25) is 0 Å². The van der Waals surface area contributed by atoms with Crippen LogP contribution in [0.1, 0.15) is 0 Å². The summed E-state index contributed by atoms with van der Waals surface area (Å²) in [5.41, 5.74) is 1.69. The van der Waals surface area contributed by atoms with Crippen LogP contribution < -0.4 is 0 Å². The van der Waals surface area contributed by atoms with Crippen molar-refractivity contribution >= 4 is 15.9 Å². The lowest BCUT2D eigenvalue weighted by Crippen LogP contribution is -1.68. The Morgan fingerprint density at radius 2 is 2.36 bits per heavy atom. The van der Waals surface area contributed by atoms with E-state index in [4.69, 9.17) is 4.42 Å². The summed E-state index contributed by atoms with van der Waals surface area (Å²) in [5, 5.41) is 3.74. The third-order valence-electron chi connectivity index (χ3n) is 1.30. The van der Waals surface area contributed by atoms with Gasteiger partial charge in [-0.05, 0) is 15.9 Å². The first kappa shape index (κ1) is 6.67. The minimum absolute atomic E-state index is 0.690. The van der Waals surface area contributed by atoms with Gasteiger partial charge in [0.1, 0.15) is 18.2 Å². The van der Waals surface area contributed by atoms with E-state index in [1.54, 1.807) is 12.3 Å². The van der Waals surface area contributed by atoms with Gasteiger partial charge in [-0.2, -0.15) is 0 Å². The van der Waals surface area contributed by atoms with Crippen LogP contribution in [0, 0.1) is 0 Å². The van der Waals surface area contributed by atoms with Crippen LogP contribution in [0.25, 0.3) is 11.3 Å². The Balaban J connectivity index is 2.45. The second kappa shape index (κ2) is 2.54. The predicted molar refractivity (Wildman–Crippen MR) is 41.9 cm³/mol. The zero-order chi connectivity index (χ0) is 7.68. The van der Waals surface area contributed by atoms with E-state index in [2.05, 4.69) is 25.6 Å². The van der Waals surface area contributed by atoms with E-state index in [9.17, 15) is 0 Å². The molecule has 0 saturated heterocycles. The quantitative estimate of drug-likeness (QED) is 0.732. The number of halogens is 1. The van der Waals surface area contributed by atoms with Crippen molar-refractivity contribution in [2.24, 2.45) is 0 Å². The number of nitrogens with zero attached hydrogens (tertiary/aromatic N) is 1. The largest absolute Gasteiger partial charge is 0.457 e. The van der Waals surface area contributed by atoms with Gasteiger partial charge in [0, 0.05) is 17.7 Å². The molecule has 0 aliphatic rings. The molecule has 0 radical (unpaired) electrons. The number of furan rings is 1. The van der Waals surface area contributed by atoms with Crippen LogP contribution in [0.5, 0.6) is 0 Å². The molecule has 0 N–H and O–H groups in total. The summed E-state index contributed by atoms with van der Waals surface area (Å²) < 4.78 is 10.4. The van der Waals surface area contributed by atoms with E-state index in [-0.39, 0.29) is 0 Å². The van der Waals surface area contributed by atoms with Gasteiger partial charge in [0.05, 0.1) is 0 Å².